The van der Waals surface area contributed by atoms with Crippen LogP contribution >= 0.6 is 0 Å². The molecule has 0 aliphatic carbocycles. The Morgan fingerprint density at radius 1 is 0.840 bits per heavy atom. The maximum Gasteiger partial charge on any atom is 0.337 e. The Kier molecular flexibility index (Phi) is 4.91. The molecular weight excluding hydrogens is 316 g/mol. The van der Waals surface area contributed by atoms with Gasteiger partial charge in [0.2, 0.25) is 0 Å². The molecule has 3 aromatic carbocycles. The molecule has 0 saturated carbocycles. The Bertz CT molecular complexity index is 926. The standard InChI is InChI=1S/C21H18O4/c1-25-21(24)19-9-8-17-10-15(4-7-18(17)12-19)11-20(23)16-5-2-14(13-22)3-6-16/h2-10,12,22H,11,13H2,1H3. The van der Waals surface area contributed by atoms with Gasteiger partial charge in [-0.3, -0.25) is 4.79 Å². The first kappa shape index (κ1) is 16.9. The van der Waals surface area contributed by atoms with Crippen LogP contribution in [0.15, 0.2) is 60.7 Å². The first-order valence-electron chi connectivity index (χ1n) is 7.94. The fourth-order valence-corrected chi connectivity index (χ4v) is 2.73. The molecule has 0 amide bonds. The highest BCUT2D eigenvalue weighted by Gasteiger charge is 2.09. The van der Waals surface area contributed by atoms with Gasteiger partial charge < -0.3 is 9.84 Å². The molecule has 4 nitrogen and oxygen atoms in total. The molecule has 0 radical (unpaired) electrons. The van der Waals surface area contributed by atoms with E-state index in [1.54, 1.807) is 36.4 Å². The summed E-state index contributed by atoms with van der Waals surface area (Å²) >= 11 is 0. The Morgan fingerprint density at radius 3 is 2.12 bits per heavy atom. The zero-order valence-corrected chi connectivity index (χ0v) is 13.9. The summed E-state index contributed by atoms with van der Waals surface area (Å²) in [5.74, 6) is -0.345. The van der Waals surface area contributed by atoms with Crippen LogP contribution in [0, 0.1) is 0 Å². The number of hydrogen-bond acceptors (Lipinski definition) is 4. The highest BCUT2D eigenvalue weighted by atomic mass is 16.5. The molecule has 0 aliphatic rings. The number of fused-ring (bicyclic) bond motifs is 1. The average Bonchev–Trinajstić information content (AvgIpc) is 2.67. The van der Waals surface area contributed by atoms with Crippen LogP contribution in [0.5, 0.6) is 0 Å². The van der Waals surface area contributed by atoms with Gasteiger partial charge in [0, 0.05) is 12.0 Å². The Labute approximate surface area is 145 Å². The lowest BCUT2D eigenvalue weighted by atomic mass is 9.99. The summed E-state index contributed by atoms with van der Waals surface area (Å²) in [6, 6.07) is 18.1. The molecule has 0 saturated heterocycles. The zero-order chi connectivity index (χ0) is 17.8. The second-order valence-electron chi connectivity index (χ2n) is 5.84. The summed E-state index contributed by atoms with van der Waals surface area (Å²) in [4.78, 5) is 24.0. The molecule has 126 valence electrons. The molecule has 3 aromatic rings. The third-order valence-electron chi connectivity index (χ3n) is 4.15. The quantitative estimate of drug-likeness (QED) is 0.572. The van der Waals surface area contributed by atoms with Crippen LogP contribution in [0.4, 0.5) is 0 Å². The molecular formula is C21H18O4. The number of Topliss-reactive ketones (excluding diaryl/α,β-unsaturated/α-hetero) is 1. The van der Waals surface area contributed by atoms with Crippen molar-refractivity contribution in [3.05, 3.63) is 82.9 Å². The van der Waals surface area contributed by atoms with Gasteiger partial charge >= 0.3 is 5.97 Å². The number of aliphatic hydroxyl groups excluding tert-OH is 1. The van der Waals surface area contributed by atoms with Crippen molar-refractivity contribution < 1.29 is 19.4 Å². The molecule has 1 N–H and O–H groups in total. The molecule has 0 bridgehead atoms. The van der Waals surface area contributed by atoms with Crippen LogP contribution < -0.4 is 0 Å². The monoisotopic (exact) mass is 334 g/mol. The number of ether oxygens (including phenoxy) is 1. The Balaban J connectivity index is 1.81. The maximum absolute atomic E-state index is 12.4. The first-order valence-corrected chi connectivity index (χ1v) is 7.94. The predicted molar refractivity (Wildman–Crippen MR) is 95.7 cm³/mol. The molecule has 25 heavy (non-hydrogen) atoms. The molecule has 0 heterocycles. The highest BCUT2D eigenvalue weighted by molar-refractivity contribution is 5.99. The van der Waals surface area contributed by atoms with Crippen LogP contribution in [0.2, 0.25) is 0 Å². The van der Waals surface area contributed by atoms with Gasteiger partial charge in [-0.2, -0.15) is 0 Å². The normalized spacial score (nSPS) is 10.6. The van der Waals surface area contributed by atoms with Crippen LogP contribution in [0.25, 0.3) is 10.8 Å². The van der Waals surface area contributed by atoms with Crippen LogP contribution in [0.1, 0.15) is 31.8 Å². The number of esters is 1. The van der Waals surface area contributed by atoms with E-state index in [9.17, 15) is 9.59 Å². The minimum atomic E-state index is -0.368. The van der Waals surface area contributed by atoms with E-state index in [2.05, 4.69) is 0 Å². The minimum absolute atomic E-state index is 0.0232. The smallest absolute Gasteiger partial charge is 0.337 e. The second kappa shape index (κ2) is 7.28. The number of benzene rings is 3. The number of aliphatic hydroxyl groups is 1. The fourth-order valence-electron chi connectivity index (χ4n) is 2.73. The van der Waals surface area contributed by atoms with E-state index in [4.69, 9.17) is 9.84 Å². The van der Waals surface area contributed by atoms with Crippen molar-refractivity contribution >= 4 is 22.5 Å². The Hall–Kier alpha value is -2.98. The van der Waals surface area contributed by atoms with Crippen molar-refractivity contribution in [2.45, 2.75) is 13.0 Å². The van der Waals surface area contributed by atoms with Crippen LogP contribution in [0.3, 0.4) is 0 Å². The van der Waals surface area contributed by atoms with Gasteiger partial charge in [-0.25, -0.2) is 4.79 Å². The minimum Gasteiger partial charge on any atom is -0.465 e. The number of carbonyl (C=O) groups is 2. The summed E-state index contributed by atoms with van der Waals surface area (Å²) < 4.78 is 4.73. The van der Waals surface area contributed by atoms with E-state index < -0.39 is 0 Å². The topological polar surface area (TPSA) is 63.6 Å². The SMILES string of the molecule is COC(=O)c1ccc2cc(CC(=O)c3ccc(CO)cc3)ccc2c1. The summed E-state index contributed by atoms with van der Waals surface area (Å²) in [7, 11) is 1.36. The van der Waals surface area contributed by atoms with E-state index in [0.29, 0.717) is 17.5 Å². The molecule has 0 aliphatic heterocycles. The van der Waals surface area contributed by atoms with Crippen LogP contribution in [-0.2, 0) is 17.8 Å². The number of carbonyl (C=O) groups excluding carboxylic acids is 2. The lowest BCUT2D eigenvalue weighted by molar-refractivity contribution is 0.0600. The lowest BCUT2D eigenvalue weighted by Gasteiger charge is -2.06. The van der Waals surface area contributed by atoms with Gasteiger partial charge in [0.05, 0.1) is 19.3 Å². The molecule has 0 unspecified atom stereocenters. The van der Waals surface area contributed by atoms with Gasteiger partial charge in [0.15, 0.2) is 5.78 Å². The van der Waals surface area contributed by atoms with Crippen molar-refractivity contribution in [1.82, 2.24) is 0 Å². The van der Waals surface area contributed by atoms with Crippen molar-refractivity contribution in [1.29, 1.82) is 0 Å². The molecule has 0 fully saturated rings. The fraction of sp³-hybridized carbons (Fsp3) is 0.143. The second-order valence-corrected chi connectivity index (χ2v) is 5.84. The predicted octanol–water partition coefficient (Wildman–Crippen LogP) is 3.54. The number of hydrogen-bond donors (Lipinski definition) is 1. The summed E-state index contributed by atoms with van der Waals surface area (Å²) in [5.41, 5.74) is 2.82. The van der Waals surface area contributed by atoms with E-state index in [1.807, 2.05) is 24.3 Å². The van der Waals surface area contributed by atoms with E-state index in [1.165, 1.54) is 7.11 Å². The third-order valence-corrected chi connectivity index (χ3v) is 4.15. The Morgan fingerprint density at radius 2 is 1.44 bits per heavy atom. The molecule has 0 spiro atoms. The van der Waals surface area contributed by atoms with Crippen molar-refractivity contribution in [3.63, 3.8) is 0 Å². The van der Waals surface area contributed by atoms with Crippen molar-refractivity contribution in [2.75, 3.05) is 7.11 Å². The first-order chi connectivity index (χ1) is 12.1. The number of rotatable bonds is 5. The largest absolute Gasteiger partial charge is 0.465 e. The van der Waals surface area contributed by atoms with Crippen molar-refractivity contribution in [2.24, 2.45) is 0 Å². The zero-order valence-electron chi connectivity index (χ0n) is 13.9. The van der Waals surface area contributed by atoms with Gasteiger partial charge in [-0.05, 0) is 34.0 Å². The van der Waals surface area contributed by atoms with E-state index in [0.717, 1.165) is 21.9 Å². The molecule has 0 aromatic heterocycles. The molecule has 3 rings (SSSR count). The van der Waals surface area contributed by atoms with Gasteiger partial charge in [0.25, 0.3) is 0 Å². The van der Waals surface area contributed by atoms with Gasteiger partial charge in [0.1, 0.15) is 0 Å². The summed E-state index contributed by atoms with van der Waals surface area (Å²) in [5, 5.41) is 10.9. The van der Waals surface area contributed by atoms with Gasteiger partial charge in [-0.15, -0.1) is 0 Å². The van der Waals surface area contributed by atoms with Gasteiger partial charge in [-0.1, -0.05) is 48.5 Å². The van der Waals surface area contributed by atoms with Crippen LogP contribution in [-0.4, -0.2) is 24.0 Å². The van der Waals surface area contributed by atoms with Crippen molar-refractivity contribution in [3.8, 4) is 0 Å². The van der Waals surface area contributed by atoms with E-state index >= 15 is 0 Å². The average molecular weight is 334 g/mol. The molecule has 4 heteroatoms. The summed E-state index contributed by atoms with van der Waals surface area (Å²) in [6.45, 7) is -0.0350. The van der Waals surface area contributed by atoms with E-state index in [-0.39, 0.29) is 18.4 Å². The third kappa shape index (κ3) is 3.75. The number of ketones is 1. The number of methoxy groups -OCH3 is 1. The maximum atomic E-state index is 12.4. The lowest BCUT2D eigenvalue weighted by Crippen LogP contribution is -2.04. The highest BCUT2D eigenvalue weighted by Crippen LogP contribution is 2.20. The summed E-state index contributed by atoms with van der Waals surface area (Å²) in [6.07, 6.45) is 0.299. The molecule has 0 atom stereocenters.